The van der Waals surface area contributed by atoms with Crippen molar-refractivity contribution >= 4 is 6.16 Å². The van der Waals surface area contributed by atoms with Crippen LogP contribution in [0.3, 0.4) is 0 Å². The Balaban J connectivity index is 1.53. The van der Waals surface area contributed by atoms with Crippen molar-refractivity contribution in [1.82, 2.24) is 0 Å². The third kappa shape index (κ3) is 3.63. The molecule has 0 radical (unpaired) electrons. The molecule has 1 saturated carbocycles. The quantitative estimate of drug-likeness (QED) is 0.668. The van der Waals surface area contributed by atoms with E-state index in [4.69, 9.17) is 14.2 Å². The van der Waals surface area contributed by atoms with Gasteiger partial charge in [-0.25, -0.2) is 4.79 Å². The van der Waals surface area contributed by atoms with Gasteiger partial charge >= 0.3 is 6.16 Å². The normalized spacial score (nSPS) is 17.6. The molecule has 4 heteroatoms. The van der Waals surface area contributed by atoms with Crippen LogP contribution in [-0.4, -0.2) is 12.3 Å². The van der Waals surface area contributed by atoms with Gasteiger partial charge in [-0.05, 0) is 29.8 Å². The first-order valence-corrected chi connectivity index (χ1v) is 8.46. The monoisotopic (exact) mass is 340 g/mol. The zero-order valence-electron chi connectivity index (χ0n) is 15.1. The van der Waals surface area contributed by atoms with E-state index in [1.54, 1.807) is 0 Å². The van der Waals surface area contributed by atoms with E-state index in [0.717, 1.165) is 11.3 Å². The SMILES string of the molecule is CC1(C)C(OC(=O)OCc2cccc(Oc3ccccc3)c2)C1(C)C. The fourth-order valence-electron chi connectivity index (χ4n) is 3.03. The van der Waals surface area contributed by atoms with Gasteiger partial charge in [0, 0.05) is 10.8 Å². The predicted octanol–water partition coefficient (Wildman–Crippen LogP) is 5.57. The summed E-state index contributed by atoms with van der Waals surface area (Å²) in [7, 11) is 0. The lowest BCUT2D eigenvalue weighted by Crippen LogP contribution is -2.13. The first kappa shape index (κ1) is 17.3. The van der Waals surface area contributed by atoms with Crippen LogP contribution in [0.5, 0.6) is 11.5 Å². The molecular formula is C21H24O4. The van der Waals surface area contributed by atoms with E-state index in [2.05, 4.69) is 27.7 Å². The van der Waals surface area contributed by atoms with Crippen LogP contribution in [0.1, 0.15) is 33.3 Å². The van der Waals surface area contributed by atoms with Crippen LogP contribution in [0.25, 0.3) is 0 Å². The van der Waals surface area contributed by atoms with Crippen LogP contribution in [-0.2, 0) is 16.1 Å². The van der Waals surface area contributed by atoms with Gasteiger partial charge in [0.15, 0.2) is 0 Å². The summed E-state index contributed by atoms with van der Waals surface area (Å²) in [6.07, 6.45) is -0.738. The van der Waals surface area contributed by atoms with Gasteiger partial charge in [0.1, 0.15) is 24.2 Å². The largest absolute Gasteiger partial charge is 0.508 e. The summed E-state index contributed by atoms with van der Waals surface area (Å²) in [4.78, 5) is 11.9. The topological polar surface area (TPSA) is 44.8 Å². The Labute approximate surface area is 148 Å². The maximum absolute atomic E-state index is 11.9. The molecule has 0 N–H and O–H groups in total. The maximum atomic E-state index is 11.9. The minimum absolute atomic E-state index is 0.0184. The van der Waals surface area contributed by atoms with Crippen LogP contribution in [0, 0.1) is 10.8 Å². The molecule has 1 aliphatic rings. The molecular weight excluding hydrogens is 316 g/mol. The molecule has 0 aromatic heterocycles. The highest BCUT2D eigenvalue weighted by Crippen LogP contribution is 2.64. The second-order valence-corrected chi connectivity index (χ2v) is 7.54. The van der Waals surface area contributed by atoms with Crippen LogP contribution >= 0.6 is 0 Å². The fourth-order valence-corrected chi connectivity index (χ4v) is 3.03. The molecule has 0 spiro atoms. The average Bonchev–Trinajstić information content (AvgIpc) is 2.96. The summed E-state index contributed by atoms with van der Waals surface area (Å²) < 4.78 is 16.5. The summed E-state index contributed by atoms with van der Waals surface area (Å²) in [6, 6.07) is 17.0. The molecule has 25 heavy (non-hydrogen) atoms. The van der Waals surface area contributed by atoms with Gasteiger partial charge in [-0.1, -0.05) is 58.0 Å². The minimum atomic E-state index is -0.627. The summed E-state index contributed by atoms with van der Waals surface area (Å²) in [5.41, 5.74) is 0.810. The van der Waals surface area contributed by atoms with Crippen molar-refractivity contribution in [2.24, 2.45) is 10.8 Å². The lowest BCUT2D eigenvalue weighted by Gasteiger charge is -2.09. The van der Waals surface area contributed by atoms with E-state index < -0.39 is 6.16 Å². The predicted molar refractivity (Wildman–Crippen MR) is 95.6 cm³/mol. The van der Waals surface area contributed by atoms with Gasteiger partial charge in [-0.15, -0.1) is 0 Å². The second-order valence-electron chi connectivity index (χ2n) is 7.54. The Morgan fingerprint density at radius 1 is 0.920 bits per heavy atom. The van der Waals surface area contributed by atoms with E-state index in [1.807, 2.05) is 54.6 Å². The first-order valence-electron chi connectivity index (χ1n) is 8.46. The Bertz CT molecular complexity index is 736. The Morgan fingerprint density at radius 2 is 1.56 bits per heavy atom. The molecule has 0 saturated heterocycles. The summed E-state index contributed by atoms with van der Waals surface area (Å²) in [6.45, 7) is 8.52. The lowest BCUT2D eigenvalue weighted by atomic mass is 10.0. The van der Waals surface area contributed by atoms with Crippen molar-refractivity contribution < 1.29 is 19.0 Å². The van der Waals surface area contributed by atoms with Crippen molar-refractivity contribution in [2.45, 2.75) is 40.4 Å². The number of hydrogen-bond acceptors (Lipinski definition) is 4. The highest BCUT2D eigenvalue weighted by atomic mass is 16.7. The summed E-state index contributed by atoms with van der Waals surface area (Å²) in [5, 5.41) is 0. The van der Waals surface area contributed by atoms with Crippen molar-refractivity contribution in [3.63, 3.8) is 0 Å². The van der Waals surface area contributed by atoms with E-state index in [-0.39, 0.29) is 23.5 Å². The number of benzene rings is 2. The molecule has 4 nitrogen and oxygen atoms in total. The molecule has 0 amide bonds. The Hall–Kier alpha value is -2.49. The van der Waals surface area contributed by atoms with Crippen molar-refractivity contribution in [1.29, 1.82) is 0 Å². The van der Waals surface area contributed by atoms with Crippen LogP contribution in [0.15, 0.2) is 54.6 Å². The maximum Gasteiger partial charge on any atom is 0.508 e. The molecule has 0 bridgehead atoms. The van der Waals surface area contributed by atoms with E-state index in [0.29, 0.717) is 5.75 Å². The lowest BCUT2D eigenvalue weighted by molar-refractivity contribution is 0.0322. The standard InChI is InChI=1S/C21H24O4/c1-20(2)18(21(20,3)4)25-19(22)23-14-15-9-8-12-17(13-15)24-16-10-6-5-7-11-16/h5-13,18H,14H2,1-4H3. The fraction of sp³-hybridized carbons (Fsp3) is 0.381. The third-order valence-corrected chi connectivity index (χ3v) is 5.34. The first-order chi connectivity index (χ1) is 11.8. The molecule has 0 unspecified atom stereocenters. The highest BCUT2D eigenvalue weighted by molar-refractivity contribution is 5.61. The third-order valence-electron chi connectivity index (χ3n) is 5.34. The van der Waals surface area contributed by atoms with Gasteiger partial charge < -0.3 is 14.2 Å². The van der Waals surface area contributed by atoms with E-state index in [1.165, 1.54) is 0 Å². The Kier molecular flexibility index (Phi) is 4.46. The molecule has 2 aromatic rings. The van der Waals surface area contributed by atoms with Gasteiger partial charge in [-0.2, -0.15) is 0 Å². The smallest absolute Gasteiger partial charge is 0.457 e. The number of rotatable bonds is 5. The number of hydrogen-bond donors (Lipinski definition) is 0. The Morgan fingerprint density at radius 3 is 2.20 bits per heavy atom. The van der Waals surface area contributed by atoms with Gasteiger partial charge in [-0.3, -0.25) is 0 Å². The molecule has 3 rings (SSSR count). The van der Waals surface area contributed by atoms with E-state index >= 15 is 0 Å². The van der Waals surface area contributed by atoms with Crippen LogP contribution < -0.4 is 4.74 Å². The highest BCUT2D eigenvalue weighted by Gasteiger charge is 2.68. The van der Waals surface area contributed by atoms with E-state index in [9.17, 15) is 4.79 Å². The summed E-state index contributed by atoms with van der Waals surface area (Å²) in [5.74, 6) is 1.46. The molecule has 0 aliphatic heterocycles. The average molecular weight is 340 g/mol. The molecule has 132 valence electrons. The van der Waals surface area contributed by atoms with Crippen LogP contribution in [0.4, 0.5) is 4.79 Å². The number of ether oxygens (including phenoxy) is 3. The molecule has 0 atom stereocenters. The van der Waals surface area contributed by atoms with Gasteiger partial charge in [0.2, 0.25) is 0 Å². The van der Waals surface area contributed by atoms with Crippen molar-refractivity contribution in [3.05, 3.63) is 60.2 Å². The minimum Gasteiger partial charge on any atom is -0.457 e. The second kappa shape index (κ2) is 6.43. The van der Waals surface area contributed by atoms with Crippen molar-refractivity contribution in [2.75, 3.05) is 0 Å². The molecule has 2 aromatic carbocycles. The zero-order valence-corrected chi connectivity index (χ0v) is 15.1. The number of para-hydroxylation sites is 1. The molecule has 0 heterocycles. The number of carbonyl (C=O) groups is 1. The molecule has 1 fully saturated rings. The molecule has 1 aliphatic carbocycles. The van der Waals surface area contributed by atoms with Gasteiger partial charge in [0.25, 0.3) is 0 Å². The zero-order chi connectivity index (χ0) is 18.1. The van der Waals surface area contributed by atoms with Crippen molar-refractivity contribution in [3.8, 4) is 11.5 Å². The summed E-state index contributed by atoms with van der Waals surface area (Å²) >= 11 is 0. The number of carbonyl (C=O) groups excluding carboxylic acids is 1. The van der Waals surface area contributed by atoms with Crippen LogP contribution in [0.2, 0.25) is 0 Å². The van der Waals surface area contributed by atoms with Gasteiger partial charge in [0.05, 0.1) is 0 Å².